The van der Waals surface area contributed by atoms with Crippen LogP contribution in [0.1, 0.15) is 17.0 Å². The summed E-state index contributed by atoms with van der Waals surface area (Å²) in [5.41, 5.74) is 2.52. The first-order valence-electron chi connectivity index (χ1n) is 3.80. The van der Waals surface area contributed by atoms with E-state index in [0.717, 1.165) is 24.2 Å². The van der Waals surface area contributed by atoms with E-state index in [2.05, 4.69) is 9.98 Å². The minimum Gasteiger partial charge on any atom is -0.292 e. The Kier molecular flexibility index (Phi) is 1.60. The van der Waals surface area contributed by atoms with Crippen molar-refractivity contribution in [1.82, 2.24) is 4.98 Å². The summed E-state index contributed by atoms with van der Waals surface area (Å²) >= 11 is 0. The Morgan fingerprint density at radius 2 is 2.33 bits per heavy atom. The first-order chi connectivity index (χ1) is 5.90. The maximum Gasteiger partial charge on any atom is 0.140 e. The van der Waals surface area contributed by atoms with Gasteiger partial charge in [0.05, 0.1) is 5.69 Å². The second-order valence-electron chi connectivity index (χ2n) is 2.63. The Morgan fingerprint density at radius 3 is 3.17 bits per heavy atom. The lowest BCUT2D eigenvalue weighted by molar-refractivity contribution is 0.901. The van der Waals surface area contributed by atoms with E-state index in [9.17, 15) is 0 Å². The molecule has 0 saturated heterocycles. The Labute approximate surface area is 70.4 Å². The first kappa shape index (κ1) is 6.99. The lowest BCUT2D eigenvalue weighted by Gasteiger charge is -2.07. The third-order valence-corrected chi connectivity index (χ3v) is 1.83. The molecule has 0 N–H and O–H groups in total. The summed E-state index contributed by atoms with van der Waals surface area (Å²) in [6.45, 7) is 0.787. The van der Waals surface area contributed by atoms with Crippen LogP contribution in [-0.2, 0) is 6.42 Å². The lowest BCUT2D eigenvalue weighted by atomic mass is 10.1. The number of hydrogen-bond donors (Lipinski definition) is 0. The maximum atomic E-state index is 8.59. The molecule has 0 fully saturated rings. The highest BCUT2D eigenvalue weighted by molar-refractivity contribution is 5.82. The second-order valence-corrected chi connectivity index (χ2v) is 2.63. The topological polar surface area (TPSA) is 49.0 Å². The number of pyridine rings is 1. The van der Waals surface area contributed by atoms with Crippen molar-refractivity contribution < 1.29 is 0 Å². The van der Waals surface area contributed by atoms with Gasteiger partial charge in [-0.25, -0.2) is 4.98 Å². The van der Waals surface area contributed by atoms with Gasteiger partial charge in [0.2, 0.25) is 0 Å². The molecule has 1 aromatic rings. The Hall–Kier alpha value is -1.69. The molecule has 12 heavy (non-hydrogen) atoms. The van der Waals surface area contributed by atoms with Gasteiger partial charge in [-0.05, 0) is 12.1 Å². The number of nitrogens with zero attached hydrogens (tertiary/aromatic N) is 3. The Balaban J connectivity index is 2.53. The second kappa shape index (κ2) is 2.74. The number of hydrogen-bond acceptors (Lipinski definition) is 3. The fourth-order valence-corrected chi connectivity index (χ4v) is 1.23. The van der Waals surface area contributed by atoms with Gasteiger partial charge in [0, 0.05) is 24.7 Å². The molecule has 2 rings (SSSR count). The molecule has 0 bridgehead atoms. The van der Waals surface area contributed by atoms with Crippen LogP contribution in [0.15, 0.2) is 17.1 Å². The van der Waals surface area contributed by atoms with Crippen LogP contribution < -0.4 is 0 Å². The fraction of sp³-hybridized carbons (Fsp3) is 0.222. The van der Waals surface area contributed by atoms with Crippen LogP contribution in [0.25, 0.3) is 0 Å². The van der Waals surface area contributed by atoms with Crippen molar-refractivity contribution in [3.63, 3.8) is 0 Å². The molecule has 0 unspecified atom stereocenters. The highest BCUT2D eigenvalue weighted by Crippen LogP contribution is 2.09. The normalized spacial score (nSPS) is 13.6. The third kappa shape index (κ3) is 1.08. The van der Waals surface area contributed by atoms with Crippen LogP contribution in [0.4, 0.5) is 0 Å². The average molecular weight is 157 g/mol. The molecule has 1 aromatic heterocycles. The molecule has 1 aliphatic heterocycles. The molecular weight excluding hydrogens is 150 g/mol. The van der Waals surface area contributed by atoms with Gasteiger partial charge < -0.3 is 0 Å². The van der Waals surface area contributed by atoms with Crippen molar-refractivity contribution in [3.8, 4) is 6.07 Å². The molecule has 0 aromatic carbocycles. The van der Waals surface area contributed by atoms with Crippen LogP contribution >= 0.6 is 0 Å². The van der Waals surface area contributed by atoms with E-state index in [1.54, 1.807) is 6.07 Å². The summed E-state index contributed by atoms with van der Waals surface area (Å²) in [7, 11) is 0. The zero-order valence-electron chi connectivity index (χ0n) is 6.49. The smallest absolute Gasteiger partial charge is 0.140 e. The molecule has 0 saturated carbocycles. The zero-order chi connectivity index (χ0) is 8.39. The molecular formula is C9H7N3. The summed E-state index contributed by atoms with van der Waals surface area (Å²) in [4.78, 5) is 8.31. The van der Waals surface area contributed by atoms with Gasteiger partial charge >= 0.3 is 0 Å². The first-order valence-corrected chi connectivity index (χ1v) is 3.80. The van der Waals surface area contributed by atoms with Crippen molar-refractivity contribution >= 4 is 6.21 Å². The Bertz CT molecular complexity index is 374. The van der Waals surface area contributed by atoms with E-state index in [-0.39, 0.29) is 0 Å². The Morgan fingerprint density at radius 1 is 1.42 bits per heavy atom. The van der Waals surface area contributed by atoms with Gasteiger partial charge in [0.25, 0.3) is 0 Å². The average Bonchev–Trinajstić information content (AvgIpc) is 2.17. The largest absolute Gasteiger partial charge is 0.292 e. The molecule has 0 atom stereocenters. The van der Waals surface area contributed by atoms with Crippen molar-refractivity contribution in [2.75, 3.05) is 6.54 Å². The molecule has 58 valence electrons. The van der Waals surface area contributed by atoms with Crippen LogP contribution in [0.2, 0.25) is 0 Å². The number of aromatic nitrogens is 1. The zero-order valence-corrected chi connectivity index (χ0v) is 6.49. The summed E-state index contributed by atoms with van der Waals surface area (Å²) < 4.78 is 0. The van der Waals surface area contributed by atoms with Gasteiger partial charge in [-0.1, -0.05) is 0 Å². The van der Waals surface area contributed by atoms with Crippen LogP contribution in [0.5, 0.6) is 0 Å². The van der Waals surface area contributed by atoms with E-state index in [4.69, 9.17) is 5.26 Å². The molecule has 2 heterocycles. The third-order valence-electron chi connectivity index (χ3n) is 1.83. The SMILES string of the molecule is N#Cc1ccc2c(n1)CCN=C2. The predicted octanol–water partition coefficient (Wildman–Crippen LogP) is 0.928. The van der Waals surface area contributed by atoms with Gasteiger partial charge in [-0.3, -0.25) is 4.99 Å². The number of aliphatic imine (C=N–C) groups is 1. The van der Waals surface area contributed by atoms with Gasteiger partial charge in [-0.15, -0.1) is 0 Å². The van der Waals surface area contributed by atoms with Gasteiger partial charge in [-0.2, -0.15) is 5.26 Å². The van der Waals surface area contributed by atoms with E-state index < -0.39 is 0 Å². The summed E-state index contributed by atoms with van der Waals surface area (Å²) in [5, 5.41) is 8.59. The van der Waals surface area contributed by atoms with Crippen molar-refractivity contribution in [3.05, 3.63) is 29.1 Å². The van der Waals surface area contributed by atoms with Gasteiger partial charge in [0.1, 0.15) is 11.8 Å². The summed E-state index contributed by atoms with van der Waals surface area (Å²) in [5.74, 6) is 0. The number of rotatable bonds is 0. The standard InChI is InChI=1S/C9H7N3/c10-5-8-2-1-7-6-11-4-3-9(7)12-8/h1-2,6H,3-4H2. The van der Waals surface area contributed by atoms with Crippen molar-refractivity contribution in [1.29, 1.82) is 5.26 Å². The predicted molar refractivity (Wildman–Crippen MR) is 45.1 cm³/mol. The van der Waals surface area contributed by atoms with Crippen LogP contribution in [0, 0.1) is 11.3 Å². The number of nitriles is 1. The molecule has 0 amide bonds. The summed E-state index contributed by atoms with van der Waals surface area (Å²) in [6.07, 6.45) is 2.66. The molecule has 3 nitrogen and oxygen atoms in total. The van der Waals surface area contributed by atoms with E-state index >= 15 is 0 Å². The lowest BCUT2D eigenvalue weighted by Crippen LogP contribution is -2.06. The minimum absolute atomic E-state index is 0.490. The molecule has 3 heteroatoms. The van der Waals surface area contributed by atoms with E-state index in [0.29, 0.717) is 5.69 Å². The summed E-state index contributed by atoms with van der Waals surface area (Å²) in [6, 6.07) is 5.63. The quantitative estimate of drug-likeness (QED) is 0.562. The highest BCUT2D eigenvalue weighted by atomic mass is 14.8. The minimum atomic E-state index is 0.490. The van der Waals surface area contributed by atoms with Crippen LogP contribution in [0.3, 0.4) is 0 Å². The van der Waals surface area contributed by atoms with E-state index in [1.807, 2.05) is 18.4 Å². The van der Waals surface area contributed by atoms with Gasteiger partial charge in [0.15, 0.2) is 0 Å². The molecule has 0 radical (unpaired) electrons. The maximum absolute atomic E-state index is 8.59. The van der Waals surface area contributed by atoms with Crippen molar-refractivity contribution in [2.24, 2.45) is 4.99 Å². The number of fused-ring (bicyclic) bond motifs is 1. The fourth-order valence-electron chi connectivity index (χ4n) is 1.23. The highest BCUT2D eigenvalue weighted by Gasteiger charge is 2.06. The van der Waals surface area contributed by atoms with Crippen LogP contribution in [-0.4, -0.2) is 17.7 Å². The molecule has 1 aliphatic rings. The monoisotopic (exact) mass is 157 g/mol. The molecule has 0 aliphatic carbocycles. The molecule has 0 spiro atoms. The van der Waals surface area contributed by atoms with Crippen molar-refractivity contribution in [2.45, 2.75) is 6.42 Å². The van der Waals surface area contributed by atoms with E-state index in [1.165, 1.54) is 0 Å².